The van der Waals surface area contributed by atoms with Crippen molar-refractivity contribution in [1.82, 2.24) is 0 Å². The van der Waals surface area contributed by atoms with Crippen molar-refractivity contribution in [3.63, 3.8) is 0 Å². The van der Waals surface area contributed by atoms with Crippen molar-refractivity contribution in [3.8, 4) is 0 Å². The Hall–Kier alpha value is -1.78. The average Bonchev–Trinajstić information content (AvgIpc) is 2.18. The zero-order valence-corrected chi connectivity index (χ0v) is 7.93. The highest BCUT2D eigenvalue weighted by atomic mass is 16.6. The maximum Gasteiger partial charge on any atom is 0.269 e. The Morgan fingerprint density at radius 3 is 2.14 bits per heavy atom. The van der Waals surface area contributed by atoms with E-state index in [4.69, 9.17) is 0 Å². The molecule has 0 heterocycles. The van der Waals surface area contributed by atoms with Crippen LogP contribution < -0.4 is 0 Å². The highest BCUT2D eigenvalue weighted by molar-refractivity contribution is 5.35. The summed E-state index contributed by atoms with van der Waals surface area (Å²) in [6.07, 6.45) is 0. The van der Waals surface area contributed by atoms with Crippen molar-refractivity contribution in [2.24, 2.45) is 5.18 Å². The van der Waals surface area contributed by atoms with Crippen LogP contribution in [0.2, 0.25) is 0 Å². The highest BCUT2D eigenvalue weighted by Crippen LogP contribution is 2.25. The van der Waals surface area contributed by atoms with Gasteiger partial charge in [-0.3, -0.25) is 10.1 Å². The van der Waals surface area contributed by atoms with Crippen molar-refractivity contribution in [2.45, 2.75) is 19.4 Å². The number of hydrogen-bond donors (Lipinski definition) is 0. The second-order valence-corrected chi connectivity index (χ2v) is 3.45. The molecular weight excluding hydrogens is 184 g/mol. The fourth-order valence-electron chi connectivity index (χ4n) is 1.04. The minimum Gasteiger partial charge on any atom is -0.258 e. The molecule has 0 atom stereocenters. The Kier molecular flexibility index (Phi) is 2.60. The van der Waals surface area contributed by atoms with E-state index in [-0.39, 0.29) is 5.69 Å². The van der Waals surface area contributed by atoms with Crippen LogP contribution in [0.15, 0.2) is 29.4 Å². The normalized spacial score (nSPS) is 11.0. The van der Waals surface area contributed by atoms with E-state index < -0.39 is 10.5 Å². The lowest BCUT2D eigenvalue weighted by Crippen LogP contribution is -2.12. The molecule has 0 spiro atoms. The molecule has 0 aliphatic carbocycles. The highest BCUT2D eigenvalue weighted by Gasteiger charge is 2.21. The average molecular weight is 194 g/mol. The van der Waals surface area contributed by atoms with Gasteiger partial charge in [0.25, 0.3) is 5.69 Å². The number of nitrogens with zero attached hydrogens (tertiary/aromatic N) is 2. The van der Waals surface area contributed by atoms with Crippen LogP contribution >= 0.6 is 0 Å². The molecule has 0 aliphatic heterocycles. The van der Waals surface area contributed by atoms with Crippen LogP contribution in [0.4, 0.5) is 5.69 Å². The molecule has 0 aromatic heterocycles. The zero-order valence-electron chi connectivity index (χ0n) is 7.93. The molecule has 5 nitrogen and oxygen atoms in total. The van der Waals surface area contributed by atoms with Crippen molar-refractivity contribution in [1.29, 1.82) is 0 Å². The van der Waals surface area contributed by atoms with Crippen LogP contribution in [0, 0.1) is 15.0 Å². The van der Waals surface area contributed by atoms with Crippen molar-refractivity contribution < 1.29 is 4.92 Å². The molecule has 0 amide bonds. The maximum absolute atomic E-state index is 10.5. The van der Waals surface area contributed by atoms with E-state index in [0.717, 1.165) is 0 Å². The summed E-state index contributed by atoms with van der Waals surface area (Å²) in [7, 11) is 0. The van der Waals surface area contributed by atoms with Gasteiger partial charge in [-0.2, -0.15) is 0 Å². The predicted molar refractivity (Wildman–Crippen MR) is 51.9 cm³/mol. The molecule has 1 rings (SSSR count). The first-order valence-corrected chi connectivity index (χ1v) is 4.07. The lowest BCUT2D eigenvalue weighted by atomic mass is 9.95. The lowest BCUT2D eigenvalue weighted by molar-refractivity contribution is -0.384. The van der Waals surface area contributed by atoms with Gasteiger partial charge in [0, 0.05) is 12.1 Å². The van der Waals surface area contributed by atoms with E-state index in [1.54, 1.807) is 26.0 Å². The third kappa shape index (κ3) is 1.93. The topological polar surface area (TPSA) is 72.6 Å². The molecule has 0 bridgehead atoms. The molecule has 0 fully saturated rings. The van der Waals surface area contributed by atoms with Crippen LogP contribution in [0.3, 0.4) is 0 Å². The number of hydrogen-bond acceptors (Lipinski definition) is 4. The van der Waals surface area contributed by atoms with Gasteiger partial charge in [-0.1, -0.05) is 5.18 Å². The smallest absolute Gasteiger partial charge is 0.258 e. The molecule has 0 N–H and O–H groups in total. The molecule has 74 valence electrons. The summed E-state index contributed by atoms with van der Waals surface area (Å²) in [5, 5.41) is 13.3. The SMILES string of the molecule is CC(C)(N=O)c1ccc([N+](=O)[O-])cc1. The van der Waals surface area contributed by atoms with E-state index >= 15 is 0 Å². The Bertz CT molecular complexity index is 357. The molecular formula is C9H10N2O3. The Morgan fingerprint density at radius 1 is 1.29 bits per heavy atom. The fraction of sp³-hybridized carbons (Fsp3) is 0.333. The van der Waals surface area contributed by atoms with Gasteiger partial charge in [-0.15, -0.1) is 4.91 Å². The van der Waals surface area contributed by atoms with Crippen LogP contribution in [-0.2, 0) is 5.54 Å². The Morgan fingerprint density at radius 2 is 1.79 bits per heavy atom. The number of nitro benzene ring substituents is 1. The van der Waals surface area contributed by atoms with Crippen LogP contribution in [0.1, 0.15) is 19.4 Å². The molecule has 0 radical (unpaired) electrons. The van der Waals surface area contributed by atoms with Crippen molar-refractivity contribution in [3.05, 3.63) is 44.9 Å². The van der Waals surface area contributed by atoms with Crippen molar-refractivity contribution >= 4 is 5.69 Å². The summed E-state index contributed by atoms with van der Waals surface area (Å²) in [4.78, 5) is 20.3. The Labute approximate surface area is 80.9 Å². The Balaban J connectivity index is 3.05. The predicted octanol–water partition coefficient (Wildman–Crippen LogP) is 2.60. The summed E-state index contributed by atoms with van der Waals surface area (Å²) in [6, 6.07) is 5.81. The van der Waals surface area contributed by atoms with Gasteiger partial charge < -0.3 is 0 Å². The van der Waals surface area contributed by atoms with Gasteiger partial charge >= 0.3 is 0 Å². The lowest BCUT2D eigenvalue weighted by Gasteiger charge is -2.14. The quantitative estimate of drug-likeness (QED) is 0.421. The largest absolute Gasteiger partial charge is 0.269 e. The molecule has 0 aliphatic rings. The minimum atomic E-state index is -0.838. The van der Waals surface area contributed by atoms with Crippen LogP contribution in [0.5, 0.6) is 0 Å². The van der Waals surface area contributed by atoms with E-state index in [1.165, 1.54) is 12.1 Å². The fourth-order valence-corrected chi connectivity index (χ4v) is 1.04. The van der Waals surface area contributed by atoms with Gasteiger partial charge in [-0.25, -0.2) is 0 Å². The second kappa shape index (κ2) is 3.53. The summed E-state index contributed by atoms with van der Waals surface area (Å²) in [5.41, 5.74) is -0.164. The van der Waals surface area contributed by atoms with Crippen LogP contribution in [-0.4, -0.2) is 4.92 Å². The summed E-state index contributed by atoms with van der Waals surface area (Å²) < 4.78 is 0. The number of nitroso groups, excluding NO2 is 1. The third-order valence-electron chi connectivity index (χ3n) is 2.01. The van der Waals surface area contributed by atoms with Gasteiger partial charge in [0.05, 0.1) is 4.92 Å². The number of rotatable bonds is 3. The van der Waals surface area contributed by atoms with Gasteiger partial charge in [0.1, 0.15) is 5.54 Å². The first-order chi connectivity index (χ1) is 6.47. The zero-order chi connectivity index (χ0) is 10.8. The molecule has 1 aromatic carbocycles. The number of benzene rings is 1. The van der Waals surface area contributed by atoms with Gasteiger partial charge in [0.2, 0.25) is 0 Å². The molecule has 0 saturated heterocycles. The molecule has 0 unspecified atom stereocenters. The van der Waals surface area contributed by atoms with Gasteiger partial charge in [0.15, 0.2) is 0 Å². The third-order valence-corrected chi connectivity index (χ3v) is 2.01. The van der Waals surface area contributed by atoms with E-state index in [2.05, 4.69) is 5.18 Å². The van der Waals surface area contributed by atoms with Gasteiger partial charge in [-0.05, 0) is 31.5 Å². The summed E-state index contributed by atoms with van der Waals surface area (Å²) >= 11 is 0. The molecule has 14 heavy (non-hydrogen) atoms. The number of non-ortho nitro benzene ring substituents is 1. The summed E-state index contributed by atoms with van der Waals surface area (Å²) in [5.74, 6) is 0. The first-order valence-electron chi connectivity index (χ1n) is 4.07. The monoisotopic (exact) mass is 194 g/mol. The first kappa shape index (κ1) is 10.3. The van der Waals surface area contributed by atoms with Crippen LogP contribution in [0.25, 0.3) is 0 Å². The van der Waals surface area contributed by atoms with E-state index in [0.29, 0.717) is 5.56 Å². The maximum atomic E-state index is 10.5. The minimum absolute atomic E-state index is 0.00967. The summed E-state index contributed by atoms with van der Waals surface area (Å²) in [6.45, 7) is 3.31. The van der Waals surface area contributed by atoms with Crippen molar-refractivity contribution in [2.75, 3.05) is 0 Å². The standard InChI is InChI=1S/C9H10N2O3/c1-9(2,10-12)7-3-5-8(6-4-7)11(13)14/h3-6H,1-2H3. The number of nitro groups is 1. The molecule has 0 saturated carbocycles. The second-order valence-electron chi connectivity index (χ2n) is 3.45. The molecule has 1 aromatic rings. The van der Waals surface area contributed by atoms with E-state index in [9.17, 15) is 15.0 Å². The van der Waals surface area contributed by atoms with E-state index in [1.807, 2.05) is 0 Å². The molecule has 5 heteroatoms.